The van der Waals surface area contributed by atoms with E-state index in [1.54, 1.807) is 56.2 Å². The number of pyridine rings is 1. The van der Waals surface area contributed by atoms with Crippen molar-refractivity contribution in [1.29, 1.82) is 0 Å². The molecule has 1 unspecified atom stereocenters. The fourth-order valence-electron chi connectivity index (χ4n) is 13.7. The molecule has 7 heteroatoms. The van der Waals surface area contributed by atoms with Crippen LogP contribution < -0.4 is 30.1 Å². The molecule has 5 nitrogen and oxygen atoms in total. The molecule has 1 aliphatic carbocycles. The van der Waals surface area contributed by atoms with E-state index >= 15 is 0 Å². The van der Waals surface area contributed by atoms with Crippen molar-refractivity contribution in [3.05, 3.63) is 320 Å². The van der Waals surface area contributed by atoms with Crippen LogP contribution in [-0.2, 0) is 31.9 Å². The molecule has 0 saturated heterocycles. The van der Waals surface area contributed by atoms with E-state index in [1.165, 1.54) is 18.3 Å². The van der Waals surface area contributed by atoms with Gasteiger partial charge < -0.3 is 13.9 Å². The predicted molar refractivity (Wildman–Crippen MR) is 384 cm³/mol. The Bertz CT molecular complexity index is 6530. The molecule has 1 aliphatic heterocycles. The van der Waals surface area contributed by atoms with Gasteiger partial charge in [0, 0.05) is 73.1 Å². The number of imidazole rings is 1. The largest absolute Gasteiger partial charge is 0.510 e. The van der Waals surface area contributed by atoms with Crippen LogP contribution >= 0.6 is 0 Å². The van der Waals surface area contributed by atoms with Gasteiger partial charge in [0.15, 0.2) is 8.07 Å². The summed E-state index contributed by atoms with van der Waals surface area (Å²) < 4.78 is 241. The Kier molecular flexibility index (Phi) is 9.21. The summed E-state index contributed by atoms with van der Waals surface area (Å²) in [4.78, 5) is 4.90. The quantitative estimate of drug-likeness (QED) is 0.0592. The molecule has 0 fully saturated rings. The minimum Gasteiger partial charge on any atom is -0.510 e. The standard InChI is InChI=1S/C87H66N4OSi.Pt/c1-58-51-83(88-56-77(58)59-25-10-6-11-26-59)91-80-48-45-67(93(64-29-12-7-13-30-64,65-31-14-8-15-32-65)66-33-16-9-17-34-66)55-76(80)73-46-44-63(54-82(73)91)92-62-28-22-27-61(53-62)89-57-90-84-68(60-43-47-78-79(52-60)87(4,5)50-49-86(78,2)3)39-23-40-74(84)71-37-20-18-35-69(71)70-36-19-21-38-72(70)75-41-24-42-81(89)85(75)90;/h6-48,51-52,55-56H,49-50H2,1-5H3;/q-2;/i1D3,2D,3D3,4D3,5D3,6D,10D,11D,25D,26D,43D,47D,49D2,50D2,52D;. The molecular formula is C87H66N4OPtSi-2. The van der Waals surface area contributed by atoms with Gasteiger partial charge >= 0.3 is 0 Å². The van der Waals surface area contributed by atoms with E-state index in [1.807, 2.05) is 127 Å². The molecule has 2 aliphatic rings. The molecule has 12 aromatic carbocycles. The average molecular weight is 1430 g/mol. The van der Waals surface area contributed by atoms with Crippen molar-refractivity contribution in [2.75, 3.05) is 0 Å². The summed E-state index contributed by atoms with van der Waals surface area (Å²) in [7, 11) is -3.23. The van der Waals surface area contributed by atoms with Crippen LogP contribution in [0.25, 0.3) is 106 Å². The van der Waals surface area contributed by atoms with Crippen molar-refractivity contribution in [1.82, 2.24) is 14.1 Å². The number of hydrogen-bond donors (Lipinski definition) is 0. The van der Waals surface area contributed by atoms with E-state index < -0.39 is 131 Å². The van der Waals surface area contributed by atoms with Crippen LogP contribution in [0.4, 0.5) is 0 Å². The van der Waals surface area contributed by atoms with Crippen LogP contribution in [0.15, 0.2) is 285 Å². The van der Waals surface area contributed by atoms with Gasteiger partial charge in [0.1, 0.15) is 5.82 Å². The Labute approximate surface area is 600 Å². The number of ether oxygens (including phenoxy) is 1. The summed E-state index contributed by atoms with van der Waals surface area (Å²) in [5, 5.41) is 5.63. The topological polar surface area (TPSA) is 35.9 Å². The van der Waals surface area contributed by atoms with Gasteiger partial charge in [-0.15, -0.1) is 29.7 Å². The third-order valence-corrected chi connectivity index (χ3v) is 22.6. The van der Waals surface area contributed by atoms with Gasteiger partial charge in [-0.05, 0) is 141 Å². The zero-order valence-corrected chi connectivity index (χ0v) is 53.0. The van der Waals surface area contributed by atoms with Crippen LogP contribution in [0, 0.1) is 25.3 Å². The van der Waals surface area contributed by atoms with E-state index in [0.717, 1.165) is 26.3 Å². The number of benzene rings is 12. The first kappa shape index (κ1) is 37.5. The van der Waals surface area contributed by atoms with E-state index in [0.29, 0.717) is 66.3 Å². The zero-order valence-electron chi connectivity index (χ0n) is 74.7. The molecule has 0 radical (unpaired) electrons. The normalized spacial score (nSPS) is 20.1. The maximum Gasteiger partial charge on any atom is 0.268 e. The number of aryl methyl sites for hydroxylation is 1. The van der Waals surface area contributed by atoms with Crippen molar-refractivity contribution in [3.8, 4) is 84.3 Å². The minimum atomic E-state index is -4.29. The van der Waals surface area contributed by atoms with Crippen molar-refractivity contribution in [2.24, 2.45) is 0 Å². The predicted octanol–water partition coefficient (Wildman–Crippen LogP) is 18.3. The second kappa shape index (κ2) is 23.1. The van der Waals surface area contributed by atoms with Crippen LogP contribution in [0.2, 0.25) is 0 Å². The van der Waals surface area contributed by atoms with Crippen LogP contribution in [0.5, 0.6) is 11.5 Å². The van der Waals surface area contributed by atoms with E-state index in [2.05, 4.69) is 67.0 Å². The van der Waals surface area contributed by atoms with Crippen LogP contribution in [-0.4, -0.2) is 22.2 Å². The van der Waals surface area contributed by atoms with Gasteiger partial charge in [-0.3, -0.25) is 4.57 Å². The Hall–Kier alpha value is -10.2. The number of fused-ring (bicyclic) bond motifs is 11. The molecule has 17 rings (SSSR count). The third-order valence-electron chi connectivity index (χ3n) is 17.8. The maximum absolute atomic E-state index is 10.4. The summed E-state index contributed by atoms with van der Waals surface area (Å²) in [6, 6.07) is 72.7. The van der Waals surface area contributed by atoms with Crippen LogP contribution in [0.3, 0.4) is 0 Å². The summed E-state index contributed by atoms with van der Waals surface area (Å²) >= 11 is 0. The van der Waals surface area contributed by atoms with Gasteiger partial charge in [-0.1, -0.05) is 269 Å². The third kappa shape index (κ3) is 9.51. The maximum atomic E-state index is 10.4. The second-order valence-electron chi connectivity index (χ2n) is 23.2. The van der Waals surface area contributed by atoms with Crippen molar-refractivity contribution >= 4 is 61.7 Å². The molecule has 456 valence electrons. The van der Waals surface area contributed by atoms with Gasteiger partial charge in [0.2, 0.25) is 0 Å². The SMILES string of the molecule is [2H]CC1(C([2H])([2H])[2H])c2c([2H])c([2H])c(-c3cccc4c3-[n+]3[c-]n(-c5[c-]c(Oc6[c-]c7c(cc6)c6cc([Si](c8ccccc8)(c8ccccc8)c8ccccc8)ccc6n7-c6cc(C([2H])([2H])[2H])c(-c7c([2H])c([2H])c([2H])c([2H])c7[2H])cn6)ccc5)c5cccc(c53)-c3ccccc3-c3ccccc3-4)c([2H])c2C(C([2H])([2H])[2H])(C([2H])([2H])[2H])C([2H])([2H])C1([2H])[2H].[Pt]. The fourth-order valence-corrected chi connectivity index (χ4v) is 18.5. The monoisotopic (exact) mass is 1430 g/mol. The smallest absolute Gasteiger partial charge is 0.268 e. The summed E-state index contributed by atoms with van der Waals surface area (Å²) in [6.45, 7) is -16.7. The summed E-state index contributed by atoms with van der Waals surface area (Å²) in [6.07, 6.45) is -3.65. The summed E-state index contributed by atoms with van der Waals surface area (Å²) in [5.74, 6) is 0.330. The van der Waals surface area contributed by atoms with E-state index in [-0.39, 0.29) is 66.3 Å². The molecule has 15 aromatic rings. The number of rotatable bonds is 10. The molecule has 0 spiro atoms. The Morgan fingerprint density at radius 3 is 1.83 bits per heavy atom. The van der Waals surface area contributed by atoms with E-state index in [4.69, 9.17) is 34.4 Å². The first-order valence-electron chi connectivity index (χ1n) is 42.8. The van der Waals surface area contributed by atoms with E-state index in [9.17, 15) is 9.60 Å². The van der Waals surface area contributed by atoms with Crippen molar-refractivity contribution in [3.63, 3.8) is 0 Å². The minimum absolute atomic E-state index is 0. The van der Waals surface area contributed by atoms with Crippen molar-refractivity contribution in [2.45, 2.75) is 57.9 Å². The Morgan fingerprint density at radius 2 is 1.14 bits per heavy atom. The number of nitrogens with zero attached hydrogens (tertiary/aromatic N) is 4. The van der Waals surface area contributed by atoms with Gasteiger partial charge in [0.05, 0.1) is 27.7 Å². The van der Waals surface area contributed by atoms with Gasteiger partial charge in [-0.2, -0.15) is 18.2 Å². The Balaban J connectivity index is 0.0000106. The van der Waals surface area contributed by atoms with Gasteiger partial charge in [0.25, 0.3) is 6.33 Å². The molecule has 0 saturated carbocycles. The van der Waals surface area contributed by atoms with Crippen molar-refractivity contribution < 1.29 is 64.6 Å². The average Bonchev–Trinajstić information content (AvgIpc) is 1.14. The molecule has 94 heavy (non-hydrogen) atoms. The number of aromatic nitrogens is 4. The molecule has 0 amide bonds. The second-order valence-corrected chi connectivity index (χ2v) is 27.0. The molecule has 0 bridgehead atoms. The molecule has 3 aromatic heterocycles. The first-order chi connectivity index (χ1) is 55.9. The molecule has 1 atom stereocenters. The number of hydrogen-bond acceptors (Lipinski definition) is 2. The van der Waals surface area contributed by atoms with Crippen LogP contribution in [0.1, 0.15) is 91.2 Å². The number of para-hydroxylation sites is 2. The Morgan fingerprint density at radius 1 is 0.521 bits per heavy atom. The summed E-state index contributed by atoms with van der Waals surface area (Å²) in [5.41, 5.74) is -6.16. The van der Waals surface area contributed by atoms with Gasteiger partial charge in [-0.25, -0.2) is 4.98 Å². The molecular weight excluding hydrogens is 1340 g/mol. The first-order valence-corrected chi connectivity index (χ1v) is 32.1. The zero-order chi connectivity index (χ0) is 83.8. The molecule has 4 heterocycles. The molecule has 0 N–H and O–H groups in total. The fraction of sp³-hybridized carbons (Fsp3) is 0.103.